The molecule has 0 fully saturated rings. The molecule has 0 aliphatic carbocycles. The quantitative estimate of drug-likeness (QED) is 0.693. The van der Waals surface area contributed by atoms with E-state index in [1.807, 2.05) is 30.5 Å². The van der Waals surface area contributed by atoms with Crippen molar-refractivity contribution in [2.75, 3.05) is 5.73 Å². The second-order valence-corrected chi connectivity index (χ2v) is 5.48. The lowest BCUT2D eigenvalue weighted by Crippen LogP contribution is -2.25. The maximum Gasteiger partial charge on any atom is 0.308 e. The summed E-state index contributed by atoms with van der Waals surface area (Å²) in [6.45, 7) is 5.21. The molecule has 1 aromatic heterocycles. The highest BCUT2D eigenvalue weighted by Gasteiger charge is 2.32. The van der Waals surface area contributed by atoms with Crippen LogP contribution < -0.4 is 10.5 Å². The average molecular weight is 314 g/mol. The predicted octanol–water partition coefficient (Wildman–Crippen LogP) is 2.39. The van der Waals surface area contributed by atoms with Gasteiger partial charge < -0.3 is 15.3 Å². The Balaban J connectivity index is 1.98. The summed E-state index contributed by atoms with van der Waals surface area (Å²) in [7, 11) is 0. The maximum absolute atomic E-state index is 11.0. The molecule has 1 aromatic carbocycles. The molecule has 23 heavy (non-hydrogen) atoms. The molecule has 1 aliphatic heterocycles. The molecular weight excluding hydrogens is 296 g/mol. The topological polar surface area (TPSA) is 91.7 Å². The lowest BCUT2D eigenvalue weighted by molar-refractivity contribution is -0.131. The molecule has 0 radical (unpaired) electrons. The van der Waals surface area contributed by atoms with E-state index in [9.17, 15) is 4.79 Å². The molecule has 2 N–H and O–H groups in total. The van der Waals surface area contributed by atoms with Gasteiger partial charge in [-0.2, -0.15) is 0 Å². The molecule has 3 rings (SSSR count). The normalized spacial score (nSPS) is 20.0. The monoisotopic (exact) mass is 314 g/mol. The number of anilines is 1. The van der Waals surface area contributed by atoms with E-state index in [4.69, 9.17) is 15.3 Å². The van der Waals surface area contributed by atoms with Gasteiger partial charge in [0.25, 0.3) is 0 Å². The lowest BCUT2D eigenvalue weighted by Gasteiger charge is -2.20. The molecule has 2 heterocycles. The Morgan fingerprint density at radius 1 is 1.35 bits per heavy atom. The van der Waals surface area contributed by atoms with Crippen LogP contribution in [0.4, 0.5) is 5.82 Å². The average Bonchev–Trinajstić information content (AvgIpc) is 3.02. The molecule has 120 valence electrons. The maximum atomic E-state index is 11.0. The van der Waals surface area contributed by atoms with Crippen molar-refractivity contribution < 1.29 is 14.4 Å². The van der Waals surface area contributed by atoms with Crippen molar-refractivity contribution in [2.24, 2.45) is 5.16 Å². The number of carbonyl (C=O) groups excluding carboxylic acids is 1. The zero-order valence-electron chi connectivity index (χ0n) is 13.2. The van der Waals surface area contributed by atoms with Crippen molar-refractivity contribution >= 4 is 17.5 Å². The minimum absolute atomic E-state index is 0.0966. The number of carbonyl (C=O) groups is 1. The SMILES string of the molecule is CC(=O)Oc1ccc(-c2ncc(N)n2C2C(C)=NOC2C)cc1. The van der Waals surface area contributed by atoms with E-state index in [0.717, 1.165) is 11.3 Å². The second-order valence-electron chi connectivity index (χ2n) is 5.48. The number of imidazole rings is 1. The van der Waals surface area contributed by atoms with Gasteiger partial charge in [-0.05, 0) is 38.1 Å². The Morgan fingerprint density at radius 3 is 2.61 bits per heavy atom. The number of nitrogen functional groups attached to an aromatic ring is 1. The summed E-state index contributed by atoms with van der Waals surface area (Å²) in [5.74, 6) is 1.39. The van der Waals surface area contributed by atoms with Gasteiger partial charge in [0.2, 0.25) is 0 Å². The zero-order valence-corrected chi connectivity index (χ0v) is 13.2. The van der Waals surface area contributed by atoms with Crippen LogP contribution in [0.2, 0.25) is 0 Å². The number of benzene rings is 1. The number of hydrogen-bond acceptors (Lipinski definition) is 6. The highest BCUT2D eigenvalue weighted by atomic mass is 16.6. The Kier molecular flexibility index (Phi) is 3.77. The summed E-state index contributed by atoms with van der Waals surface area (Å²) >= 11 is 0. The van der Waals surface area contributed by atoms with E-state index in [-0.39, 0.29) is 18.1 Å². The van der Waals surface area contributed by atoms with Gasteiger partial charge in [0, 0.05) is 12.5 Å². The Morgan fingerprint density at radius 2 is 2.04 bits per heavy atom. The number of hydrogen-bond donors (Lipinski definition) is 1. The number of oxime groups is 1. The van der Waals surface area contributed by atoms with E-state index in [0.29, 0.717) is 17.4 Å². The molecule has 0 spiro atoms. The summed E-state index contributed by atoms with van der Waals surface area (Å²) < 4.78 is 6.96. The smallest absolute Gasteiger partial charge is 0.308 e. The number of nitrogens with zero attached hydrogens (tertiary/aromatic N) is 3. The van der Waals surface area contributed by atoms with Gasteiger partial charge in [-0.15, -0.1) is 0 Å². The third-order valence-electron chi connectivity index (χ3n) is 3.71. The Labute approximate surface area is 133 Å². The van der Waals surface area contributed by atoms with Crippen LogP contribution >= 0.6 is 0 Å². The predicted molar refractivity (Wildman–Crippen MR) is 86.1 cm³/mol. The molecule has 2 atom stereocenters. The first-order valence-corrected chi connectivity index (χ1v) is 7.29. The van der Waals surface area contributed by atoms with Crippen LogP contribution in [0.3, 0.4) is 0 Å². The number of nitrogens with two attached hydrogens (primary N) is 1. The first-order chi connectivity index (χ1) is 11.0. The third kappa shape index (κ3) is 2.77. The van der Waals surface area contributed by atoms with Gasteiger partial charge in [-0.25, -0.2) is 4.98 Å². The van der Waals surface area contributed by atoms with Crippen LogP contribution in [-0.4, -0.2) is 27.3 Å². The zero-order chi connectivity index (χ0) is 16.6. The minimum atomic E-state index is -0.354. The van der Waals surface area contributed by atoms with Crippen molar-refractivity contribution in [1.29, 1.82) is 0 Å². The van der Waals surface area contributed by atoms with Gasteiger partial charge in [0.1, 0.15) is 23.4 Å². The Bertz CT molecular complexity index is 764. The number of aromatic nitrogens is 2. The standard InChI is InChI=1S/C16H18N4O3/c1-9-15(10(2)23-19-9)20-14(17)8-18-16(20)12-4-6-13(7-5-12)22-11(3)21/h4-8,10,15H,17H2,1-3H3. The van der Waals surface area contributed by atoms with Crippen molar-refractivity contribution in [3.05, 3.63) is 30.5 Å². The number of rotatable bonds is 3. The summed E-state index contributed by atoms with van der Waals surface area (Å²) in [5.41, 5.74) is 7.81. The fourth-order valence-electron chi connectivity index (χ4n) is 2.73. The minimum Gasteiger partial charge on any atom is -0.427 e. The van der Waals surface area contributed by atoms with Crippen LogP contribution in [0.1, 0.15) is 26.8 Å². The van der Waals surface area contributed by atoms with Crippen molar-refractivity contribution in [3.8, 4) is 17.1 Å². The van der Waals surface area contributed by atoms with Crippen LogP contribution in [-0.2, 0) is 9.63 Å². The van der Waals surface area contributed by atoms with E-state index >= 15 is 0 Å². The Hall–Kier alpha value is -2.83. The van der Waals surface area contributed by atoms with E-state index in [2.05, 4.69) is 10.1 Å². The van der Waals surface area contributed by atoms with Crippen molar-refractivity contribution in [2.45, 2.75) is 32.9 Å². The first-order valence-electron chi connectivity index (χ1n) is 7.29. The van der Waals surface area contributed by atoms with Crippen LogP contribution in [0.25, 0.3) is 11.4 Å². The number of esters is 1. The number of ether oxygens (including phenoxy) is 1. The third-order valence-corrected chi connectivity index (χ3v) is 3.71. The van der Waals surface area contributed by atoms with Gasteiger partial charge in [0.15, 0.2) is 6.10 Å². The lowest BCUT2D eigenvalue weighted by atomic mass is 10.1. The molecule has 0 bridgehead atoms. The summed E-state index contributed by atoms with van der Waals surface area (Å²) in [4.78, 5) is 20.7. The van der Waals surface area contributed by atoms with Crippen LogP contribution in [0.5, 0.6) is 5.75 Å². The van der Waals surface area contributed by atoms with Crippen LogP contribution in [0, 0.1) is 0 Å². The molecule has 0 amide bonds. The van der Waals surface area contributed by atoms with Gasteiger partial charge >= 0.3 is 5.97 Å². The fraction of sp³-hybridized carbons (Fsp3) is 0.312. The molecule has 7 nitrogen and oxygen atoms in total. The largest absolute Gasteiger partial charge is 0.427 e. The molecule has 0 saturated heterocycles. The summed E-state index contributed by atoms with van der Waals surface area (Å²) in [6.07, 6.45) is 1.50. The van der Waals surface area contributed by atoms with E-state index in [1.165, 1.54) is 6.92 Å². The highest BCUT2D eigenvalue weighted by Crippen LogP contribution is 2.32. The van der Waals surface area contributed by atoms with Gasteiger partial charge in [-0.3, -0.25) is 9.36 Å². The van der Waals surface area contributed by atoms with Gasteiger partial charge in [0.05, 0.1) is 11.9 Å². The molecule has 0 saturated carbocycles. The highest BCUT2D eigenvalue weighted by molar-refractivity contribution is 5.88. The summed E-state index contributed by atoms with van der Waals surface area (Å²) in [6, 6.07) is 7.02. The molecular formula is C16H18N4O3. The van der Waals surface area contributed by atoms with Crippen molar-refractivity contribution in [1.82, 2.24) is 9.55 Å². The molecule has 7 heteroatoms. The van der Waals surface area contributed by atoms with Crippen LogP contribution in [0.15, 0.2) is 35.6 Å². The van der Waals surface area contributed by atoms with E-state index < -0.39 is 0 Å². The first kappa shape index (κ1) is 15.1. The van der Waals surface area contributed by atoms with E-state index in [1.54, 1.807) is 18.3 Å². The fourth-order valence-corrected chi connectivity index (χ4v) is 2.73. The molecule has 2 unspecified atom stereocenters. The molecule has 1 aliphatic rings. The van der Waals surface area contributed by atoms with Crippen molar-refractivity contribution in [3.63, 3.8) is 0 Å². The molecule has 2 aromatic rings. The second kappa shape index (κ2) is 5.75. The van der Waals surface area contributed by atoms with Gasteiger partial charge in [-0.1, -0.05) is 5.16 Å². The summed E-state index contributed by atoms with van der Waals surface area (Å²) in [5, 5.41) is 4.03.